The molecule has 2 aliphatic carbocycles. The minimum absolute atomic E-state index is 0.227. The molecule has 2 heteroatoms. The fourth-order valence-corrected chi connectivity index (χ4v) is 4.11. The molecule has 0 amide bonds. The Balaban J connectivity index is 1.92. The van der Waals surface area contributed by atoms with Crippen LogP contribution in [0.4, 0.5) is 0 Å². The molecule has 3 rings (SSSR count). The molecule has 0 radical (unpaired) electrons. The summed E-state index contributed by atoms with van der Waals surface area (Å²) in [6.45, 7) is 7.93. The van der Waals surface area contributed by atoms with Crippen molar-refractivity contribution in [2.24, 2.45) is 11.3 Å². The fourth-order valence-electron chi connectivity index (χ4n) is 4.11. The Morgan fingerprint density at radius 2 is 2.00 bits per heavy atom. The summed E-state index contributed by atoms with van der Waals surface area (Å²) in [5, 5.41) is 10.4. The van der Waals surface area contributed by atoms with Gasteiger partial charge in [0.1, 0.15) is 0 Å². The van der Waals surface area contributed by atoms with Gasteiger partial charge < -0.3 is 9.67 Å². The highest BCUT2D eigenvalue weighted by Gasteiger charge is 2.34. The van der Waals surface area contributed by atoms with E-state index >= 15 is 0 Å². The number of fused-ring (bicyclic) bond motifs is 1. The van der Waals surface area contributed by atoms with Crippen molar-refractivity contribution in [1.82, 2.24) is 4.57 Å². The summed E-state index contributed by atoms with van der Waals surface area (Å²) in [6.07, 6.45) is 7.33. The lowest BCUT2D eigenvalue weighted by molar-refractivity contribution is 0.0976. The van der Waals surface area contributed by atoms with Crippen molar-refractivity contribution in [3.63, 3.8) is 0 Å². The largest absolute Gasteiger partial charge is 0.388 e. The molecule has 0 saturated heterocycles. The number of rotatable bonds is 2. The smallest absolute Gasteiger partial charge is 0.0812 e. The number of aromatic nitrogens is 1. The first-order valence-corrected chi connectivity index (χ1v) is 7.83. The summed E-state index contributed by atoms with van der Waals surface area (Å²) in [5.74, 6) is 0.859. The van der Waals surface area contributed by atoms with Gasteiger partial charge in [-0.2, -0.15) is 0 Å². The van der Waals surface area contributed by atoms with E-state index < -0.39 is 0 Å². The Kier molecular flexibility index (Phi) is 3.24. The molecule has 19 heavy (non-hydrogen) atoms. The highest BCUT2D eigenvalue weighted by molar-refractivity contribution is 5.33. The number of aliphatic hydroxyl groups excluding tert-OH is 1. The van der Waals surface area contributed by atoms with Crippen LogP contribution in [0.5, 0.6) is 0 Å². The van der Waals surface area contributed by atoms with E-state index in [1.165, 1.54) is 49.2 Å². The van der Waals surface area contributed by atoms with Crippen LogP contribution in [-0.4, -0.2) is 9.67 Å². The van der Waals surface area contributed by atoms with Crippen LogP contribution in [-0.2, 0) is 13.0 Å². The summed E-state index contributed by atoms with van der Waals surface area (Å²) in [6, 6.07) is 2.23. The molecule has 0 spiro atoms. The van der Waals surface area contributed by atoms with Gasteiger partial charge in [0.05, 0.1) is 6.10 Å². The maximum Gasteiger partial charge on any atom is 0.0812 e. The summed E-state index contributed by atoms with van der Waals surface area (Å²) in [5.41, 5.74) is 4.18. The summed E-state index contributed by atoms with van der Waals surface area (Å²) in [4.78, 5) is 0. The number of aliphatic hydroxyl groups is 1. The van der Waals surface area contributed by atoms with E-state index in [0.29, 0.717) is 0 Å². The second-order valence-corrected chi connectivity index (χ2v) is 7.51. The van der Waals surface area contributed by atoms with Gasteiger partial charge in [0.15, 0.2) is 0 Å². The number of hydrogen-bond acceptors (Lipinski definition) is 1. The van der Waals surface area contributed by atoms with Gasteiger partial charge >= 0.3 is 0 Å². The van der Waals surface area contributed by atoms with Crippen LogP contribution in [0.3, 0.4) is 0 Å². The van der Waals surface area contributed by atoms with E-state index in [2.05, 4.69) is 31.4 Å². The van der Waals surface area contributed by atoms with Crippen LogP contribution in [0.1, 0.15) is 69.0 Å². The molecule has 106 valence electrons. The molecule has 2 aliphatic rings. The van der Waals surface area contributed by atoms with Gasteiger partial charge in [0.25, 0.3) is 0 Å². The molecule has 1 atom stereocenters. The molecule has 1 saturated carbocycles. The number of aryl methyl sites for hydroxylation is 1. The molecular weight excluding hydrogens is 234 g/mol. The van der Waals surface area contributed by atoms with E-state index in [-0.39, 0.29) is 11.5 Å². The third-order valence-corrected chi connectivity index (χ3v) is 5.12. The van der Waals surface area contributed by atoms with E-state index in [1.54, 1.807) is 0 Å². The standard InChI is InChI=1S/C17H27NO/c1-12-8-14-15(9-17(2,3)10-16(14)19)18(12)11-13-6-4-5-7-13/h8,13,16,19H,4-7,9-11H2,1-3H3. The zero-order valence-electron chi connectivity index (χ0n) is 12.6. The highest BCUT2D eigenvalue weighted by Crippen LogP contribution is 2.42. The van der Waals surface area contributed by atoms with Crippen molar-refractivity contribution in [3.05, 3.63) is 23.0 Å². The Labute approximate surface area is 116 Å². The lowest BCUT2D eigenvalue weighted by Gasteiger charge is -2.34. The highest BCUT2D eigenvalue weighted by atomic mass is 16.3. The molecule has 2 nitrogen and oxygen atoms in total. The van der Waals surface area contributed by atoms with Gasteiger partial charge in [-0.05, 0) is 50.0 Å². The van der Waals surface area contributed by atoms with Crippen LogP contribution >= 0.6 is 0 Å². The summed E-state index contributed by atoms with van der Waals surface area (Å²) >= 11 is 0. The Morgan fingerprint density at radius 3 is 2.68 bits per heavy atom. The topological polar surface area (TPSA) is 25.2 Å². The second-order valence-electron chi connectivity index (χ2n) is 7.51. The average Bonchev–Trinajstić information content (AvgIpc) is 2.90. The van der Waals surface area contributed by atoms with Crippen LogP contribution < -0.4 is 0 Å². The molecule has 0 aromatic carbocycles. The molecular formula is C17H27NO. The molecule has 1 unspecified atom stereocenters. The fraction of sp³-hybridized carbons (Fsp3) is 0.765. The van der Waals surface area contributed by atoms with Gasteiger partial charge in [-0.3, -0.25) is 0 Å². The maximum atomic E-state index is 10.4. The Morgan fingerprint density at radius 1 is 1.32 bits per heavy atom. The summed E-state index contributed by atoms with van der Waals surface area (Å²) < 4.78 is 2.51. The van der Waals surface area contributed by atoms with Gasteiger partial charge in [-0.25, -0.2) is 0 Å². The minimum atomic E-state index is -0.262. The molecule has 1 aromatic rings. The zero-order chi connectivity index (χ0) is 13.6. The van der Waals surface area contributed by atoms with Crippen molar-refractivity contribution in [2.45, 2.75) is 71.9 Å². The van der Waals surface area contributed by atoms with Crippen LogP contribution in [0.2, 0.25) is 0 Å². The normalized spacial score (nSPS) is 26.6. The van der Waals surface area contributed by atoms with Crippen molar-refractivity contribution < 1.29 is 5.11 Å². The minimum Gasteiger partial charge on any atom is -0.388 e. The third-order valence-electron chi connectivity index (χ3n) is 5.12. The van der Waals surface area contributed by atoms with Crippen LogP contribution in [0.15, 0.2) is 6.07 Å². The van der Waals surface area contributed by atoms with E-state index in [1.807, 2.05) is 0 Å². The van der Waals surface area contributed by atoms with Crippen LogP contribution in [0, 0.1) is 18.3 Å². The molecule has 0 aliphatic heterocycles. The van der Waals surface area contributed by atoms with Gasteiger partial charge in [-0.15, -0.1) is 0 Å². The van der Waals surface area contributed by atoms with Gasteiger partial charge in [-0.1, -0.05) is 26.7 Å². The summed E-state index contributed by atoms with van der Waals surface area (Å²) in [7, 11) is 0. The van der Waals surface area contributed by atoms with Crippen molar-refractivity contribution in [2.75, 3.05) is 0 Å². The molecule has 1 fully saturated rings. The van der Waals surface area contributed by atoms with Gasteiger partial charge in [0, 0.05) is 23.5 Å². The van der Waals surface area contributed by atoms with Gasteiger partial charge in [0.2, 0.25) is 0 Å². The van der Waals surface area contributed by atoms with Crippen molar-refractivity contribution >= 4 is 0 Å². The molecule has 1 heterocycles. The average molecular weight is 261 g/mol. The zero-order valence-corrected chi connectivity index (χ0v) is 12.6. The molecule has 0 bridgehead atoms. The third kappa shape index (κ3) is 2.47. The maximum absolute atomic E-state index is 10.4. The second kappa shape index (κ2) is 4.66. The molecule has 1 N–H and O–H groups in total. The van der Waals surface area contributed by atoms with Crippen molar-refractivity contribution in [3.8, 4) is 0 Å². The predicted octanol–water partition coefficient (Wildman–Crippen LogP) is 3.99. The Hall–Kier alpha value is -0.760. The first-order chi connectivity index (χ1) is 8.96. The first-order valence-electron chi connectivity index (χ1n) is 7.83. The Bertz CT molecular complexity index is 466. The van der Waals surface area contributed by atoms with E-state index in [0.717, 1.165) is 18.8 Å². The van der Waals surface area contributed by atoms with E-state index in [4.69, 9.17) is 0 Å². The SMILES string of the molecule is Cc1cc2c(n1CC1CCCC1)CC(C)(C)CC2O. The quantitative estimate of drug-likeness (QED) is 0.855. The first kappa shape index (κ1) is 13.2. The molecule has 1 aromatic heterocycles. The lowest BCUT2D eigenvalue weighted by Crippen LogP contribution is -2.27. The van der Waals surface area contributed by atoms with E-state index in [9.17, 15) is 5.11 Å². The van der Waals surface area contributed by atoms with Crippen LogP contribution in [0.25, 0.3) is 0 Å². The van der Waals surface area contributed by atoms with Crippen molar-refractivity contribution in [1.29, 1.82) is 0 Å². The monoisotopic (exact) mass is 261 g/mol. The number of nitrogens with zero attached hydrogens (tertiary/aromatic N) is 1. The number of hydrogen-bond donors (Lipinski definition) is 1. The lowest BCUT2D eigenvalue weighted by atomic mass is 9.75. The predicted molar refractivity (Wildman–Crippen MR) is 78.2 cm³/mol.